The predicted octanol–water partition coefficient (Wildman–Crippen LogP) is -4.37. The van der Waals surface area contributed by atoms with Crippen LogP contribution in [-0.2, 0) is 0 Å². The Bertz CT molecular complexity index is 109. The molecule has 0 saturated carbocycles. The molecular weight excluding hydrogens is 353 g/mol. The summed E-state index contributed by atoms with van der Waals surface area (Å²) in [6.07, 6.45) is -3.67. The van der Waals surface area contributed by atoms with E-state index in [0.717, 1.165) is 0 Å². The molecule has 0 rings (SSSR count). The molecule has 0 aromatic heterocycles. The average molecular weight is 366 g/mol. The van der Waals surface area contributed by atoms with Crippen LogP contribution in [0.2, 0.25) is 0 Å². The quantitative estimate of drug-likeness (QED) is 0.323. The van der Waals surface area contributed by atoms with Crippen molar-refractivity contribution in [2.24, 2.45) is 0 Å². The summed E-state index contributed by atoms with van der Waals surface area (Å²) >= 11 is 0. The van der Waals surface area contributed by atoms with Gasteiger partial charge in [-0.1, -0.05) is 0 Å². The summed E-state index contributed by atoms with van der Waals surface area (Å²) in [6.45, 7) is 0. The van der Waals surface area contributed by atoms with Crippen LogP contribution in [0.3, 0.4) is 0 Å². The molecule has 4 N–H and O–H groups in total. The van der Waals surface area contributed by atoms with Crippen molar-refractivity contribution in [3.8, 4) is 0 Å². The largest absolute Gasteiger partial charge is 2.00 e. The van der Waals surface area contributed by atoms with Crippen molar-refractivity contribution in [3.05, 3.63) is 0 Å². The first-order valence-corrected chi connectivity index (χ1v) is 1.30. The maximum absolute atomic E-state index is 8.56. The van der Waals surface area contributed by atoms with Gasteiger partial charge in [0.25, 0.3) is 0 Å². The van der Waals surface area contributed by atoms with Crippen LogP contribution in [0.25, 0.3) is 0 Å². The molecule has 13 heteroatoms. The number of hydrogen-bond acceptors (Lipinski definition) is 2. The van der Waals surface area contributed by atoms with Crippen LogP contribution in [0.15, 0.2) is 0 Å². The molecule has 0 heterocycles. The fourth-order valence-electron chi connectivity index (χ4n) is 0. The Morgan fingerprint density at radius 3 is 0.667 bits per heavy atom. The summed E-state index contributed by atoms with van der Waals surface area (Å²) in [4.78, 5) is 17.1. The van der Waals surface area contributed by atoms with E-state index in [0.29, 0.717) is 0 Å². The summed E-state index contributed by atoms with van der Waals surface area (Å²) in [5.41, 5.74) is 0. The van der Waals surface area contributed by atoms with Gasteiger partial charge in [-0.05, 0) is 0 Å². The van der Waals surface area contributed by atoms with Crippen molar-refractivity contribution in [2.75, 3.05) is 0 Å². The first kappa shape index (κ1) is 61.7. The number of carboxylic acid groups (broad SMARTS) is 4. The molecule has 0 aliphatic carbocycles. The summed E-state index contributed by atoms with van der Waals surface area (Å²) in [7, 11) is 0. The van der Waals surface area contributed by atoms with Gasteiger partial charge in [0.1, 0.15) is 0 Å². The van der Waals surface area contributed by atoms with E-state index in [2.05, 4.69) is 0 Å². The molecule has 0 bridgehead atoms. The Morgan fingerprint density at radius 1 is 0.667 bits per heavy atom. The third-order valence-electron chi connectivity index (χ3n) is 0. The van der Waals surface area contributed by atoms with Crippen LogP contribution in [-0.4, -0.2) is 108 Å². The summed E-state index contributed by atoms with van der Waals surface area (Å²) in [6, 6.07) is 0. The second-order valence-electron chi connectivity index (χ2n) is 0.565. The SMILES string of the molecule is Cl.Cl.Cl.O=C(O)O.O=C(O)O.[Ca+2].[Ca+2].[H-].[H-].[H-].[H-].[H-].[H-].[Na+].[Na+]. The zero-order valence-corrected chi connectivity index (χ0v) is 19.1. The third kappa shape index (κ3) is 295. The van der Waals surface area contributed by atoms with Gasteiger partial charge in [0.2, 0.25) is 0 Å². The van der Waals surface area contributed by atoms with Crippen molar-refractivity contribution in [1.82, 2.24) is 0 Å². The van der Waals surface area contributed by atoms with Crippen molar-refractivity contribution < 1.29 is 97.7 Å². The molecule has 0 radical (unpaired) electrons. The van der Waals surface area contributed by atoms with Crippen LogP contribution in [0.1, 0.15) is 8.56 Å². The van der Waals surface area contributed by atoms with Crippen LogP contribution >= 0.6 is 37.2 Å². The molecule has 15 heavy (non-hydrogen) atoms. The zero-order chi connectivity index (χ0) is 7.15. The Labute approximate surface area is 218 Å². The van der Waals surface area contributed by atoms with Gasteiger partial charge in [-0.2, -0.15) is 0 Å². The normalized spacial score (nSPS) is 3.20. The van der Waals surface area contributed by atoms with Gasteiger partial charge in [-0.15, -0.1) is 37.2 Å². The van der Waals surface area contributed by atoms with Gasteiger partial charge >= 0.3 is 147 Å². The van der Waals surface area contributed by atoms with Crippen molar-refractivity contribution >= 4 is 125 Å². The molecule has 0 amide bonds. The van der Waals surface area contributed by atoms with E-state index < -0.39 is 12.3 Å². The van der Waals surface area contributed by atoms with E-state index in [1.807, 2.05) is 0 Å². The first-order chi connectivity index (χ1) is 3.46. The Morgan fingerprint density at radius 2 is 0.667 bits per heavy atom. The molecule has 6 nitrogen and oxygen atoms in total. The van der Waals surface area contributed by atoms with Crippen LogP contribution in [0.5, 0.6) is 0 Å². The molecule has 0 spiro atoms. The topological polar surface area (TPSA) is 115 Å². The smallest absolute Gasteiger partial charge is 1.00 e. The molecule has 0 unspecified atom stereocenters. The van der Waals surface area contributed by atoms with Crippen molar-refractivity contribution in [2.45, 2.75) is 0 Å². The minimum Gasteiger partial charge on any atom is -1.00 e. The van der Waals surface area contributed by atoms with Gasteiger partial charge in [-0.3, -0.25) is 0 Å². The van der Waals surface area contributed by atoms with E-state index in [-0.39, 0.29) is 180 Å². The van der Waals surface area contributed by atoms with Crippen LogP contribution < -0.4 is 59.1 Å². The van der Waals surface area contributed by atoms with E-state index in [4.69, 9.17) is 30.0 Å². The second kappa shape index (κ2) is 52.1. The monoisotopic (exact) mass is 364 g/mol. The fourth-order valence-corrected chi connectivity index (χ4v) is 0. The summed E-state index contributed by atoms with van der Waals surface area (Å²) in [5.74, 6) is 0. The third-order valence-corrected chi connectivity index (χ3v) is 0. The van der Waals surface area contributed by atoms with Crippen LogP contribution in [0, 0.1) is 0 Å². The molecule has 0 fully saturated rings. The van der Waals surface area contributed by atoms with E-state index >= 15 is 0 Å². The minimum atomic E-state index is -1.83. The molecule has 0 aromatic rings. The number of halogens is 3. The second-order valence-corrected chi connectivity index (χ2v) is 0.565. The van der Waals surface area contributed by atoms with Gasteiger partial charge < -0.3 is 29.0 Å². The Balaban J connectivity index is -0.00000000163. The number of hydrogen-bond donors (Lipinski definition) is 4. The number of rotatable bonds is 0. The molecule has 0 aromatic carbocycles. The van der Waals surface area contributed by atoms with Gasteiger partial charge in [0.15, 0.2) is 0 Å². The average Bonchev–Trinajstić information content (AvgIpc) is 1.25. The zero-order valence-electron chi connectivity index (χ0n) is 14.2. The van der Waals surface area contributed by atoms with E-state index in [9.17, 15) is 0 Å². The van der Waals surface area contributed by atoms with Crippen molar-refractivity contribution in [3.63, 3.8) is 0 Å². The van der Waals surface area contributed by atoms with Gasteiger partial charge in [-0.25, -0.2) is 9.59 Å². The molecule has 0 aliphatic heterocycles. The number of carbonyl (C=O) groups is 2. The standard InChI is InChI=1S/2CH2O3.2Ca.3ClH.2Na.6H/c2*2-1(3)4;;;;;;;;;;;;;/h2*(H2,2,3,4);;;3*1H;;;;;;;;/q;;2*+2;;;;2*+1;6*-1. The maximum Gasteiger partial charge on any atom is 2.00 e. The minimum absolute atomic E-state index is 0. The molecule has 0 saturated heterocycles. The maximum atomic E-state index is 8.56. The van der Waals surface area contributed by atoms with Gasteiger partial charge in [0.05, 0.1) is 0 Å². The first-order valence-electron chi connectivity index (χ1n) is 1.30. The van der Waals surface area contributed by atoms with Crippen molar-refractivity contribution in [1.29, 1.82) is 0 Å². The Kier molecular flexibility index (Phi) is 214. The predicted molar refractivity (Wildman–Crippen MR) is 61.2 cm³/mol. The van der Waals surface area contributed by atoms with Gasteiger partial charge in [0, 0.05) is 0 Å². The van der Waals surface area contributed by atoms with E-state index in [1.165, 1.54) is 0 Å². The summed E-state index contributed by atoms with van der Waals surface area (Å²) in [5, 5.41) is 27.9. The Hall–Kier alpha value is 3.93. The molecular formula is C2H13Ca2Cl3Na2O6. The van der Waals surface area contributed by atoms with E-state index in [1.54, 1.807) is 0 Å². The summed E-state index contributed by atoms with van der Waals surface area (Å²) < 4.78 is 0. The van der Waals surface area contributed by atoms with Crippen LogP contribution in [0.4, 0.5) is 9.59 Å². The molecule has 84 valence electrons. The molecule has 0 aliphatic rings. The molecule has 0 atom stereocenters. The fraction of sp³-hybridized carbons (Fsp3) is 0.